The summed E-state index contributed by atoms with van der Waals surface area (Å²) in [5, 5.41) is 15.6. The van der Waals surface area contributed by atoms with Gasteiger partial charge in [-0.3, -0.25) is 4.57 Å². The number of hydrogen-bond acceptors (Lipinski definition) is 7. The molecule has 1 aliphatic heterocycles. The van der Waals surface area contributed by atoms with Crippen molar-refractivity contribution in [1.82, 2.24) is 19.5 Å². The lowest BCUT2D eigenvalue weighted by Crippen LogP contribution is -2.29. The molecule has 3 heterocycles. The summed E-state index contributed by atoms with van der Waals surface area (Å²) < 4.78 is 57.0. The smallest absolute Gasteiger partial charge is 0.224 e. The molecule has 11 heteroatoms. The fourth-order valence-electron chi connectivity index (χ4n) is 4.24. The second-order valence-electron chi connectivity index (χ2n) is 8.15. The largest absolute Gasteiger partial charge is 0.393 e. The number of anilines is 3. The number of ether oxygens (including phenoxy) is 1. The fourth-order valence-corrected chi connectivity index (χ4v) is 4.24. The van der Waals surface area contributed by atoms with Gasteiger partial charge < -0.3 is 20.5 Å². The molecular formula is C21H23F3N6O2. The molecule has 2 aromatic heterocycles. The average Bonchev–Trinajstić information content (AvgIpc) is 3.44. The molecule has 0 amide bonds. The van der Waals surface area contributed by atoms with Gasteiger partial charge in [-0.2, -0.15) is 4.98 Å². The molecular weight excluding hydrogens is 425 g/mol. The molecule has 2 aliphatic rings. The molecule has 1 saturated carbocycles. The van der Waals surface area contributed by atoms with Crippen LogP contribution < -0.4 is 10.6 Å². The van der Waals surface area contributed by atoms with Crippen LogP contribution in [0.3, 0.4) is 0 Å². The molecule has 0 radical (unpaired) electrons. The summed E-state index contributed by atoms with van der Waals surface area (Å²) in [6, 6.07) is -0.628. The number of fused-ring (bicyclic) bond motifs is 1. The molecule has 0 spiro atoms. The van der Waals surface area contributed by atoms with Crippen molar-refractivity contribution in [2.24, 2.45) is 0 Å². The van der Waals surface area contributed by atoms with E-state index in [0.29, 0.717) is 55.7 Å². The van der Waals surface area contributed by atoms with Gasteiger partial charge in [-0.05, 0) is 32.1 Å². The average molecular weight is 449 g/mol. The molecule has 1 aromatic carbocycles. The van der Waals surface area contributed by atoms with Gasteiger partial charge in [0.25, 0.3) is 0 Å². The van der Waals surface area contributed by atoms with E-state index in [2.05, 4.69) is 25.6 Å². The Morgan fingerprint density at radius 3 is 2.69 bits per heavy atom. The number of benzene rings is 1. The highest BCUT2D eigenvalue weighted by Gasteiger charge is 2.27. The minimum absolute atomic E-state index is 0.0940. The van der Waals surface area contributed by atoms with Crippen LogP contribution in [0.15, 0.2) is 18.3 Å². The number of nitrogens with zero attached hydrogens (tertiary/aromatic N) is 4. The number of halogens is 3. The molecule has 8 nitrogen and oxygen atoms in total. The normalized spacial score (nSPS) is 24.0. The zero-order chi connectivity index (χ0) is 23.1. The summed E-state index contributed by atoms with van der Waals surface area (Å²) in [4.78, 5) is 13.3. The van der Waals surface area contributed by atoms with Crippen LogP contribution in [0.5, 0.6) is 0 Å². The summed E-state index contributed by atoms with van der Waals surface area (Å²) >= 11 is 0. The Morgan fingerprint density at radius 2 is 1.94 bits per heavy atom. The highest BCUT2D eigenvalue weighted by molar-refractivity contribution is 5.76. The van der Waals surface area contributed by atoms with Crippen LogP contribution in [0.1, 0.15) is 39.5 Å². The van der Waals surface area contributed by atoms with Crippen molar-refractivity contribution < 1.29 is 24.4 Å². The molecule has 3 aromatic rings. The van der Waals surface area contributed by atoms with Crippen LogP contribution in [0.4, 0.5) is 30.8 Å². The SMILES string of the molecule is [2H]c1c(F)cc(F)c(Nc2nc3cnc(N[C@H]4CC[C@H](O)CC4)nc3n2[C@H]2CCOC2)c1F. The zero-order valence-corrected chi connectivity index (χ0v) is 17.1. The number of aliphatic hydroxyl groups is 1. The highest BCUT2D eigenvalue weighted by Crippen LogP contribution is 2.32. The lowest BCUT2D eigenvalue weighted by Gasteiger charge is -2.26. The summed E-state index contributed by atoms with van der Waals surface area (Å²) in [5.74, 6) is -3.32. The first-order valence-electron chi connectivity index (χ1n) is 11.1. The van der Waals surface area contributed by atoms with Crippen molar-refractivity contribution >= 4 is 28.7 Å². The number of aliphatic hydroxyl groups excluding tert-OH is 1. The van der Waals surface area contributed by atoms with Crippen molar-refractivity contribution in [2.45, 2.75) is 50.3 Å². The first-order valence-corrected chi connectivity index (χ1v) is 10.6. The Morgan fingerprint density at radius 1 is 1.12 bits per heavy atom. The van der Waals surface area contributed by atoms with Gasteiger partial charge in [0.2, 0.25) is 11.9 Å². The number of aromatic nitrogens is 4. The van der Waals surface area contributed by atoms with E-state index >= 15 is 0 Å². The van der Waals surface area contributed by atoms with Crippen LogP contribution >= 0.6 is 0 Å². The number of hydrogen-bond donors (Lipinski definition) is 3. The van der Waals surface area contributed by atoms with E-state index in [4.69, 9.17) is 6.11 Å². The standard InChI is InChI=1S/C21H23F3N6O2/c22-11-7-15(23)18(16(24)8-11)28-21-27-17-9-25-20(26-12-1-3-14(31)4-2-12)29-19(17)30(21)13-5-6-32-10-13/h7-9,12-14,31H,1-6,10H2,(H,27,28)(H,25,26,29)/t12-,13-,14-/m0/s1/i7D. The molecule has 170 valence electrons. The van der Waals surface area contributed by atoms with Crippen LogP contribution in [-0.4, -0.2) is 50.0 Å². The van der Waals surface area contributed by atoms with Gasteiger partial charge in [-0.25, -0.2) is 23.1 Å². The van der Waals surface area contributed by atoms with Gasteiger partial charge >= 0.3 is 0 Å². The van der Waals surface area contributed by atoms with Gasteiger partial charge in [-0.1, -0.05) is 0 Å². The molecule has 0 bridgehead atoms. The zero-order valence-electron chi connectivity index (χ0n) is 18.1. The summed E-state index contributed by atoms with van der Waals surface area (Å²) in [5.41, 5.74) is 0.197. The first-order chi connectivity index (χ1) is 15.9. The van der Waals surface area contributed by atoms with Crippen molar-refractivity contribution in [3.8, 4) is 0 Å². The molecule has 2 fully saturated rings. The maximum atomic E-state index is 14.5. The van der Waals surface area contributed by atoms with Gasteiger partial charge in [0.05, 0.1) is 26.3 Å². The van der Waals surface area contributed by atoms with Crippen LogP contribution in [0.25, 0.3) is 11.2 Å². The van der Waals surface area contributed by atoms with Crippen molar-refractivity contribution in [2.75, 3.05) is 23.8 Å². The van der Waals surface area contributed by atoms with Crippen molar-refractivity contribution in [3.05, 3.63) is 35.8 Å². The van der Waals surface area contributed by atoms with E-state index in [-0.39, 0.29) is 24.1 Å². The van der Waals surface area contributed by atoms with Crippen LogP contribution in [0, 0.1) is 17.5 Å². The predicted molar refractivity (Wildman–Crippen MR) is 111 cm³/mol. The first kappa shape index (κ1) is 19.7. The molecule has 1 aliphatic carbocycles. The Bertz CT molecular complexity index is 1180. The van der Waals surface area contributed by atoms with Crippen LogP contribution in [-0.2, 0) is 4.74 Å². The quantitative estimate of drug-likeness (QED) is 0.547. The van der Waals surface area contributed by atoms with E-state index in [1.165, 1.54) is 6.20 Å². The minimum Gasteiger partial charge on any atom is -0.393 e. The summed E-state index contributed by atoms with van der Waals surface area (Å²) in [6.45, 7) is 0.881. The number of rotatable bonds is 5. The van der Waals surface area contributed by atoms with Crippen LogP contribution in [0.2, 0.25) is 0 Å². The Hall–Kier alpha value is -2.92. The van der Waals surface area contributed by atoms with Crippen molar-refractivity contribution in [1.29, 1.82) is 0 Å². The van der Waals surface area contributed by atoms with Gasteiger partial charge in [0.1, 0.15) is 17.0 Å². The Balaban J connectivity index is 1.52. The molecule has 3 N–H and O–H groups in total. The molecule has 32 heavy (non-hydrogen) atoms. The minimum atomic E-state index is -1.35. The number of nitrogens with one attached hydrogen (secondary N) is 2. The lowest BCUT2D eigenvalue weighted by molar-refractivity contribution is 0.126. The fraction of sp³-hybridized carbons (Fsp3) is 0.476. The van der Waals surface area contributed by atoms with E-state index in [9.17, 15) is 18.3 Å². The number of imidazole rings is 1. The predicted octanol–water partition coefficient (Wildman–Crippen LogP) is 3.66. The molecule has 1 saturated heterocycles. The summed E-state index contributed by atoms with van der Waals surface area (Å²) in [6.07, 6.45) is 4.89. The van der Waals surface area contributed by atoms with Gasteiger partial charge in [0, 0.05) is 24.8 Å². The van der Waals surface area contributed by atoms with Gasteiger partial charge in [0.15, 0.2) is 17.3 Å². The Kier molecular flexibility index (Phi) is 5.27. The summed E-state index contributed by atoms with van der Waals surface area (Å²) in [7, 11) is 0. The van der Waals surface area contributed by atoms with E-state index in [1.54, 1.807) is 4.57 Å². The maximum Gasteiger partial charge on any atom is 0.224 e. The maximum absolute atomic E-state index is 14.5. The molecule has 1 atom stereocenters. The lowest BCUT2D eigenvalue weighted by atomic mass is 9.93. The topological polar surface area (TPSA) is 97.1 Å². The van der Waals surface area contributed by atoms with Gasteiger partial charge in [-0.15, -0.1) is 0 Å². The second-order valence-corrected chi connectivity index (χ2v) is 8.15. The highest BCUT2D eigenvalue weighted by atomic mass is 19.1. The third-order valence-corrected chi connectivity index (χ3v) is 5.91. The molecule has 0 unspecified atom stereocenters. The van der Waals surface area contributed by atoms with E-state index in [1.807, 2.05) is 0 Å². The van der Waals surface area contributed by atoms with Crippen molar-refractivity contribution in [3.63, 3.8) is 0 Å². The monoisotopic (exact) mass is 449 g/mol. The Labute approximate surface area is 183 Å². The third-order valence-electron chi connectivity index (χ3n) is 5.91. The van der Waals surface area contributed by atoms with E-state index < -0.39 is 29.2 Å². The third kappa shape index (κ3) is 4.09. The second kappa shape index (κ2) is 8.55. The molecule has 5 rings (SSSR count). The van der Waals surface area contributed by atoms with E-state index in [0.717, 1.165) is 12.8 Å².